The van der Waals surface area contributed by atoms with Gasteiger partial charge in [-0.05, 0) is 56.8 Å². The van der Waals surface area contributed by atoms with Gasteiger partial charge >= 0.3 is 0 Å². The molecule has 5 rings (SSSR count). The Balaban J connectivity index is 1.65. The van der Waals surface area contributed by atoms with Gasteiger partial charge in [-0.3, -0.25) is 0 Å². The van der Waals surface area contributed by atoms with Crippen molar-refractivity contribution >= 4 is 33.6 Å². The lowest BCUT2D eigenvalue weighted by Crippen LogP contribution is -2.23. The number of aryl methyl sites for hydroxylation is 2. The Hall–Kier alpha value is -3.23. The molecule has 164 valence electrons. The lowest BCUT2D eigenvalue weighted by Gasteiger charge is -2.16. The molecule has 4 aromatic rings. The van der Waals surface area contributed by atoms with Crippen LogP contribution in [0, 0.1) is 13.8 Å². The fourth-order valence-electron chi connectivity index (χ4n) is 4.18. The summed E-state index contributed by atoms with van der Waals surface area (Å²) in [5.41, 5.74) is 4.80. The largest absolute Gasteiger partial charge is 0.410 e. The third kappa shape index (κ3) is 3.55. The zero-order valence-electron chi connectivity index (χ0n) is 18.8. The molecule has 1 N–H and O–H groups in total. The SMILES string of the molecule is CC1=C(c2nc(NCc3cccs3)c3cc(-c4c(C)noc4C)ccc3n2)C(C)N(C)O1. The second-order valence-corrected chi connectivity index (χ2v) is 9.08. The predicted octanol–water partition coefficient (Wildman–Crippen LogP) is 5.57. The molecule has 1 atom stereocenters. The van der Waals surface area contributed by atoms with Crippen molar-refractivity contribution in [1.82, 2.24) is 20.2 Å². The molecule has 8 heteroatoms. The normalized spacial score (nSPS) is 16.7. The lowest BCUT2D eigenvalue weighted by molar-refractivity contribution is -0.0883. The Morgan fingerprint density at radius 2 is 2.00 bits per heavy atom. The highest BCUT2D eigenvalue weighted by atomic mass is 32.1. The van der Waals surface area contributed by atoms with E-state index in [1.54, 1.807) is 11.3 Å². The average Bonchev–Trinajstić information content (AvgIpc) is 3.47. The lowest BCUT2D eigenvalue weighted by atomic mass is 10.0. The van der Waals surface area contributed by atoms with E-state index in [0.717, 1.165) is 50.6 Å². The van der Waals surface area contributed by atoms with E-state index < -0.39 is 0 Å². The Kier molecular flexibility index (Phi) is 5.19. The summed E-state index contributed by atoms with van der Waals surface area (Å²) >= 11 is 1.72. The molecule has 3 aromatic heterocycles. The zero-order valence-corrected chi connectivity index (χ0v) is 19.6. The van der Waals surface area contributed by atoms with Crippen molar-refractivity contribution in [2.24, 2.45) is 0 Å². The smallest absolute Gasteiger partial charge is 0.163 e. The summed E-state index contributed by atoms with van der Waals surface area (Å²) in [6.45, 7) is 8.64. The molecule has 0 aliphatic carbocycles. The summed E-state index contributed by atoms with van der Waals surface area (Å²) in [5.74, 6) is 3.11. The van der Waals surface area contributed by atoms with Gasteiger partial charge in [0.1, 0.15) is 17.3 Å². The first kappa shape index (κ1) is 20.7. The van der Waals surface area contributed by atoms with E-state index in [9.17, 15) is 0 Å². The molecule has 0 spiro atoms. The van der Waals surface area contributed by atoms with Crippen LogP contribution in [0.5, 0.6) is 0 Å². The van der Waals surface area contributed by atoms with Crippen molar-refractivity contribution in [1.29, 1.82) is 0 Å². The topological polar surface area (TPSA) is 76.3 Å². The maximum absolute atomic E-state index is 5.80. The van der Waals surface area contributed by atoms with Crippen LogP contribution in [0.15, 0.2) is 46.0 Å². The number of anilines is 1. The van der Waals surface area contributed by atoms with E-state index in [0.29, 0.717) is 12.4 Å². The zero-order chi connectivity index (χ0) is 22.4. The van der Waals surface area contributed by atoms with Gasteiger partial charge in [0, 0.05) is 22.9 Å². The van der Waals surface area contributed by atoms with E-state index in [1.807, 2.05) is 38.9 Å². The van der Waals surface area contributed by atoms with Gasteiger partial charge in [-0.1, -0.05) is 17.3 Å². The summed E-state index contributed by atoms with van der Waals surface area (Å²) in [7, 11) is 1.92. The van der Waals surface area contributed by atoms with Crippen LogP contribution >= 0.6 is 11.3 Å². The molecule has 7 nitrogen and oxygen atoms in total. The molecule has 1 aromatic carbocycles. The van der Waals surface area contributed by atoms with Crippen LogP contribution in [0.4, 0.5) is 5.82 Å². The maximum Gasteiger partial charge on any atom is 0.163 e. The minimum Gasteiger partial charge on any atom is -0.410 e. The van der Waals surface area contributed by atoms with Gasteiger partial charge < -0.3 is 14.7 Å². The highest BCUT2D eigenvalue weighted by molar-refractivity contribution is 7.09. The first-order valence-corrected chi connectivity index (χ1v) is 11.4. The number of aromatic nitrogens is 3. The molecule has 0 bridgehead atoms. The van der Waals surface area contributed by atoms with Crippen LogP contribution in [0.25, 0.3) is 27.6 Å². The molecule has 1 unspecified atom stereocenters. The van der Waals surface area contributed by atoms with Crippen LogP contribution in [-0.2, 0) is 11.4 Å². The first-order valence-electron chi connectivity index (χ1n) is 10.6. The summed E-state index contributed by atoms with van der Waals surface area (Å²) < 4.78 is 5.39. The highest BCUT2D eigenvalue weighted by Crippen LogP contribution is 2.35. The summed E-state index contributed by atoms with van der Waals surface area (Å²) in [5, 5.41) is 12.5. The molecule has 0 amide bonds. The number of fused-ring (bicyclic) bond motifs is 1. The van der Waals surface area contributed by atoms with Gasteiger partial charge in [0.25, 0.3) is 0 Å². The van der Waals surface area contributed by atoms with E-state index in [-0.39, 0.29) is 6.04 Å². The number of hydrogen-bond acceptors (Lipinski definition) is 8. The van der Waals surface area contributed by atoms with Crippen LogP contribution in [-0.4, -0.2) is 33.3 Å². The Labute approximate surface area is 190 Å². The first-order chi connectivity index (χ1) is 15.4. The predicted molar refractivity (Wildman–Crippen MR) is 127 cm³/mol. The van der Waals surface area contributed by atoms with Crippen molar-refractivity contribution in [2.75, 3.05) is 12.4 Å². The minimum absolute atomic E-state index is 0.0687. The molecular formula is C24H25N5O2S. The molecular weight excluding hydrogens is 422 g/mol. The van der Waals surface area contributed by atoms with Gasteiger partial charge in [-0.15, -0.1) is 16.4 Å². The van der Waals surface area contributed by atoms with Crippen molar-refractivity contribution in [3.63, 3.8) is 0 Å². The van der Waals surface area contributed by atoms with Gasteiger partial charge in [0.2, 0.25) is 0 Å². The van der Waals surface area contributed by atoms with Gasteiger partial charge in [-0.2, -0.15) is 0 Å². The average molecular weight is 448 g/mol. The van der Waals surface area contributed by atoms with Gasteiger partial charge in [-0.25, -0.2) is 9.97 Å². The van der Waals surface area contributed by atoms with E-state index in [4.69, 9.17) is 19.3 Å². The maximum atomic E-state index is 5.80. The molecule has 1 aliphatic rings. The third-order valence-electron chi connectivity index (χ3n) is 5.89. The Morgan fingerprint density at radius 3 is 2.66 bits per heavy atom. The molecule has 0 saturated heterocycles. The molecule has 0 fully saturated rings. The summed E-state index contributed by atoms with van der Waals surface area (Å²) in [4.78, 5) is 16.9. The molecule has 0 radical (unpaired) electrons. The van der Waals surface area contributed by atoms with E-state index >= 15 is 0 Å². The Morgan fingerprint density at radius 1 is 1.16 bits per heavy atom. The van der Waals surface area contributed by atoms with Gasteiger partial charge in [0.15, 0.2) is 5.82 Å². The fourth-order valence-corrected chi connectivity index (χ4v) is 4.83. The molecule has 4 heterocycles. The van der Waals surface area contributed by atoms with Gasteiger partial charge in [0.05, 0.1) is 29.4 Å². The second-order valence-electron chi connectivity index (χ2n) is 8.04. The Bertz CT molecular complexity index is 1310. The van der Waals surface area contributed by atoms with Crippen LogP contribution < -0.4 is 5.32 Å². The van der Waals surface area contributed by atoms with Crippen molar-refractivity contribution < 1.29 is 9.36 Å². The second kappa shape index (κ2) is 8.03. The number of allylic oxidation sites excluding steroid dienone is 1. The monoisotopic (exact) mass is 447 g/mol. The van der Waals surface area contributed by atoms with Crippen molar-refractivity contribution in [3.8, 4) is 11.1 Å². The van der Waals surface area contributed by atoms with E-state index in [1.165, 1.54) is 4.88 Å². The highest BCUT2D eigenvalue weighted by Gasteiger charge is 2.30. The number of benzene rings is 1. The summed E-state index contributed by atoms with van der Waals surface area (Å²) in [6, 6.07) is 10.5. The molecule has 0 saturated carbocycles. The number of hydrogen-bond donors (Lipinski definition) is 1. The van der Waals surface area contributed by atoms with Crippen LogP contribution in [0.3, 0.4) is 0 Å². The quantitative estimate of drug-likeness (QED) is 0.428. The number of nitrogens with zero attached hydrogens (tertiary/aromatic N) is 4. The number of nitrogens with one attached hydrogen (secondary N) is 1. The van der Waals surface area contributed by atoms with Crippen LogP contribution in [0.2, 0.25) is 0 Å². The minimum atomic E-state index is 0.0687. The third-order valence-corrected chi connectivity index (χ3v) is 6.77. The number of hydroxylamine groups is 2. The summed E-state index contributed by atoms with van der Waals surface area (Å²) in [6.07, 6.45) is 0. The molecule has 32 heavy (non-hydrogen) atoms. The van der Waals surface area contributed by atoms with E-state index in [2.05, 4.69) is 47.0 Å². The number of rotatable bonds is 5. The number of thiophene rings is 1. The fraction of sp³-hybridized carbons (Fsp3) is 0.292. The van der Waals surface area contributed by atoms with Crippen molar-refractivity contribution in [2.45, 2.75) is 40.3 Å². The molecule has 1 aliphatic heterocycles. The number of likely N-dealkylation sites (N-methyl/N-ethyl adjacent to an activating group) is 1. The van der Waals surface area contributed by atoms with Crippen molar-refractivity contribution in [3.05, 3.63) is 63.6 Å². The standard InChI is InChI=1S/C24H25N5O2S/c1-13-21(15(3)30-28-13)17-8-9-20-19(11-17)23(25-12-18-7-6-10-32-18)27-24(26-20)22-14(2)29(5)31-16(22)4/h6-11,14H,12H2,1-5H3,(H,25,26,27). The van der Waals surface area contributed by atoms with Crippen LogP contribution in [0.1, 0.15) is 36.0 Å².